The molecule has 0 amide bonds. The molecule has 2 fully saturated rings. The molecule has 0 radical (unpaired) electrons. The first-order valence-electron chi connectivity index (χ1n) is 7.12. The first-order valence-corrected chi connectivity index (χ1v) is 7.91. The molecule has 0 aromatic carbocycles. The molecule has 2 aliphatic rings. The van der Waals surface area contributed by atoms with E-state index in [1.165, 1.54) is 0 Å². The Kier molecular flexibility index (Phi) is 3.97. The number of hydrogen-bond acceptors (Lipinski definition) is 5. The van der Waals surface area contributed by atoms with E-state index < -0.39 is 5.60 Å². The van der Waals surface area contributed by atoms with Gasteiger partial charge in [0.15, 0.2) is 0 Å². The van der Waals surface area contributed by atoms with Crippen molar-refractivity contribution in [1.82, 2.24) is 9.97 Å². The van der Waals surface area contributed by atoms with Gasteiger partial charge in [0.1, 0.15) is 0 Å². The van der Waals surface area contributed by atoms with Crippen LogP contribution in [0.1, 0.15) is 26.2 Å². The van der Waals surface area contributed by atoms with Crippen LogP contribution in [-0.4, -0.2) is 46.5 Å². The fourth-order valence-electron chi connectivity index (χ4n) is 3.29. The van der Waals surface area contributed by atoms with Crippen LogP contribution in [0.15, 0.2) is 16.9 Å². The molecular weight excluding hydrogens is 322 g/mol. The number of ether oxygens (including phenoxy) is 1. The molecule has 3 rings (SSSR count). The number of halogens is 1. The Morgan fingerprint density at radius 1 is 1.45 bits per heavy atom. The van der Waals surface area contributed by atoms with E-state index in [-0.39, 0.29) is 12.0 Å². The molecule has 6 heteroatoms. The summed E-state index contributed by atoms with van der Waals surface area (Å²) in [5, 5.41) is 10.6. The molecule has 2 saturated heterocycles. The van der Waals surface area contributed by atoms with Crippen molar-refractivity contribution in [3.63, 3.8) is 0 Å². The van der Waals surface area contributed by atoms with Crippen molar-refractivity contribution >= 4 is 21.9 Å². The van der Waals surface area contributed by atoms with E-state index in [4.69, 9.17) is 4.74 Å². The van der Waals surface area contributed by atoms with Crippen LogP contribution in [0.5, 0.6) is 0 Å². The lowest BCUT2D eigenvalue weighted by molar-refractivity contribution is -0.108. The van der Waals surface area contributed by atoms with Gasteiger partial charge < -0.3 is 14.7 Å². The van der Waals surface area contributed by atoms with Crippen molar-refractivity contribution < 1.29 is 9.84 Å². The minimum absolute atomic E-state index is 0.117. The van der Waals surface area contributed by atoms with Crippen LogP contribution in [0, 0.1) is 5.92 Å². The van der Waals surface area contributed by atoms with Crippen molar-refractivity contribution in [3.05, 3.63) is 16.9 Å². The van der Waals surface area contributed by atoms with Crippen molar-refractivity contribution in [2.75, 3.05) is 24.7 Å². The molecule has 1 aromatic heterocycles. The maximum atomic E-state index is 10.6. The molecule has 20 heavy (non-hydrogen) atoms. The van der Waals surface area contributed by atoms with Crippen LogP contribution in [0.3, 0.4) is 0 Å². The van der Waals surface area contributed by atoms with Crippen LogP contribution in [0.25, 0.3) is 0 Å². The molecule has 3 atom stereocenters. The smallest absolute Gasteiger partial charge is 0.225 e. The third-order valence-electron chi connectivity index (χ3n) is 4.48. The Morgan fingerprint density at radius 2 is 2.20 bits per heavy atom. The number of nitrogens with zero attached hydrogens (tertiary/aromatic N) is 3. The fourth-order valence-corrected chi connectivity index (χ4v) is 3.50. The quantitative estimate of drug-likeness (QED) is 0.891. The molecule has 2 aliphatic heterocycles. The van der Waals surface area contributed by atoms with Gasteiger partial charge in [-0.15, -0.1) is 0 Å². The van der Waals surface area contributed by atoms with Crippen LogP contribution in [-0.2, 0) is 4.74 Å². The predicted octanol–water partition coefficient (Wildman–Crippen LogP) is 2.00. The van der Waals surface area contributed by atoms with Gasteiger partial charge in [0, 0.05) is 37.5 Å². The second kappa shape index (κ2) is 5.58. The first kappa shape index (κ1) is 14.2. The standard InChI is InChI=1S/C14H20BrN3O2/c1-14(19)4-6-20-9-11(14)12-3-2-5-18(12)13-16-7-10(15)8-17-13/h7-8,11-12,19H,2-6,9H2,1H3. The molecule has 0 aliphatic carbocycles. The van der Waals surface area contributed by atoms with E-state index in [0.29, 0.717) is 19.6 Å². The summed E-state index contributed by atoms with van der Waals surface area (Å²) in [5.41, 5.74) is -0.666. The van der Waals surface area contributed by atoms with Gasteiger partial charge in [0.05, 0.1) is 16.7 Å². The van der Waals surface area contributed by atoms with Crippen LogP contribution < -0.4 is 4.90 Å². The van der Waals surface area contributed by atoms with E-state index in [1.54, 1.807) is 12.4 Å². The summed E-state index contributed by atoms with van der Waals surface area (Å²) in [6, 6.07) is 0.256. The number of anilines is 1. The Bertz CT molecular complexity index is 466. The topological polar surface area (TPSA) is 58.5 Å². The molecule has 110 valence electrons. The van der Waals surface area contributed by atoms with Crippen LogP contribution in [0.2, 0.25) is 0 Å². The van der Waals surface area contributed by atoms with Gasteiger partial charge in [-0.05, 0) is 42.1 Å². The van der Waals surface area contributed by atoms with E-state index in [2.05, 4.69) is 30.8 Å². The van der Waals surface area contributed by atoms with Crippen LogP contribution in [0.4, 0.5) is 5.95 Å². The molecule has 1 aromatic rings. The average Bonchev–Trinajstić information content (AvgIpc) is 2.88. The molecule has 0 saturated carbocycles. The van der Waals surface area contributed by atoms with E-state index >= 15 is 0 Å². The predicted molar refractivity (Wildman–Crippen MR) is 79.6 cm³/mol. The number of aromatic nitrogens is 2. The van der Waals surface area contributed by atoms with Gasteiger partial charge in [-0.1, -0.05) is 0 Å². The number of aliphatic hydroxyl groups is 1. The second-order valence-electron chi connectivity index (χ2n) is 5.89. The summed E-state index contributed by atoms with van der Waals surface area (Å²) in [6.07, 6.45) is 6.41. The fraction of sp³-hybridized carbons (Fsp3) is 0.714. The highest BCUT2D eigenvalue weighted by atomic mass is 79.9. The minimum atomic E-state index is -0.666. The monoisotopic (exact) mass is 341 g/mol. The molecule has 0 spiro atoms. The van der Waals surface area contributed by atoms with Crippen molar-refractivity contribution in [1.29, 1.82) is 0 Å². The lowest BCUT2D eigenvalue weighted by Crippen LogP contribution is -2.52. The summed E-state index contributed by atoms with van der Waals surface area (Å²) in [7, 11) is 0. The summed E-state index contributed by atoms with van der Waals surface area (Å²) in [5.74, 6) is 0.864. The third kappa shape index (κ3) is 2.69. The highest BCUT2D eigenvalue weighted by Crippen LogP contribution is 2.37. The lowest BCUT2D eigenvalue weighted by atomic mass is 9.79. The summed E-state index contributed by atoms with van der Waals surface area (Å²) in [4.78, 5) is 11.0. The molecule has 1 N–H and O–H groups in total. The zero-order valence-electron chi connectivity index (χ0n) is 11.6. The highest BCUT2D eigenvalue weighted by Gasteiger charge is 2.44. The van der Waals surface area contributed by atoms with Crippen molar-refractivity contribution in [3.8, 4) is 0 Å². The SMILES string of the molecule is CC1(O)CCOCC1C1CCCN1c1ncc(Br)cn1. The first-order chi connectivity index (χ1) is 9.58. The number of rotatable bonds is 2. The van der Waals surface area contributed by atoms with Crippen molar-refractivity contribution in [2.45, 2.75) is 37.8 Å². The van der Waals surface area contributed by atoms with E-state index in [0.717, 1.165) is 29.8 Å². The normalized spacial score (nSPS) is 34.5. The summed E-state index contributed by atoms with van der Waals surface area (Å²) in [6.45, 7) is 4.13. The maximum Gasteiger partial charge on any atom is 0.225 e. The van der Waals surface area contributed by atoms with Gasteiger partial charge in [0.2, 0.25) is 5.95 Å². The molecular formula is C14H20BrN3O2. The molecule has 0 bridgehead atoms. The Labute approximate surface area is 127 Å². The Hall–Kier alpha value is -0.720. The van der Waals surface area contributed by atoms with Crippen LogP contribution >= 0.6 is 15.9 Å². The highest BCUT2D eigenvalue weighted by molar-refractivity contribution is 9.10. The lowest BCUT2D eigenvalue weighted by Gasteiger charge is -2.43. The Balaban J connectivity index is 1.83. The van der Waals surface area contributed by atoms with E-state index in [1.807, 2.05) is 6.92 Å². The summed E-state index contributed by atoms with van der Waals surface area (Å²) < 4.78 is 6.48. The van der Waals surface area contributed by atoms with Gasteiger partial charge in [-0.3, -0.25) is 0 Å². The minimum Gasteiger partial charge on any atom is -0.390 e. The van der Waals surface area contributed by atoms with Gasteiger partial charge >= 0.3 is 0 Å². The molecule has 3 unspecified atom stereocenters. The zero-order chi connectivity index (χ0) is 14.2. The second-order valence-corrected chi connectivity index (χ2v) is 6.81. The molecule has 5 nitrogen and oxygen atoms in total. The van der Waals surface area contributed by atoms with Crippen molar-refractivity contribution in [2.24, 2.45) is 5.92 Å². The Morgan fingerprint density at radius 3 is 2.90 bits per heavy atom. The third-order valence-corrected chi connectivity index (χ3v) is 4.89. The van der Waals surface area contributed by atoms with Gasteiger partial charge in [-0.25, -0.2) is 9.97 Å². The van der Waals surface area contributed by atoms with E-state index in [9.17, 15) is 5.11 Å². The summed E-state index contributed by atoms with van der Waals surface area (Å²) >= 11 is 3.36. The van der Waals surface area contributed by atoms with Gasteiger partial charge in [-0.2, -0.15) is 0 Å². The zero-order valence-corrected chi connectivity index (χ0v) is 13.2. The maximum absolute atomic E-state index is 10.6. The molecule has 3 heterocycles. The van der Waals surface area contributed by atoms with Gasteiger partial charge in [0.25, 0.3) is 0 Å². The average molecular weight is 342 g/mol. The largest absolute Gasteiger partial charge is 0.390 e. The number of hydrogen-bond donors (Lipinski definition) is 1.